The molecule has 2 aromatic carbocycles. The standard InChI is InChI=1S/C21H22N2O2S2/c24-19(15-7-9-16(10-8-15)21-26-13-14-27-21)22-18-6-2-1-5-17(18)20(25)23-11-3-4-12-23/h1-2,5-10,21H,3-4,11-14H2,(H,22,24). The van der Waals surface area contributed by atoms with E-state index in [0.717, 1.165) is 25.9 Å². The summed E-state index contributed by atoms with van der Waals surface area (Å²) in [5.41, 5.74) is 2.99. The molecule has 140 valence electrons. The van der Waals surface area contributed by atoms with Crippen LogP contribution in [0, 0.1) is 0 Å². The van der Waals surface area contributed by atoms with E-state index in [2.05, 4.69) is 5.32 Å². The van der Waals surface area contributed by atoms with Crippen LogP contribution in [0.4, 0.5) is 5.69 Å². The van der Waals surface area contributed by atoms with E-state index in [-0.39, 0.29) is 11.8 Å². The van der Waals surface area contributed by atoms with Crippen LogP contribution in [0.3, 0.4) is 0 Å². The van der Waals surface area contributed by atoms with E-state index in [1.807, 2.05) is 64.8 Å². The number of hydrogen-bond donors (Lipinski definition) is 1. The highest BCUT2D eigenvalue weighted by Gasteiger charge is 2.23. The summed E-state index contributed by atoms with van der Waals surface area (Å²) in [7, 11) is 0. The molecule has 0 unspecified atom stereocenters. The predicted octanol–water partition coefficient (Wildman–Crippen LogP) is 4.65. The van der Waals surface area contributed by atoms with E-state index in [4.69, 9.17) is 0 Å². The van der Waals surface area contributed by atoms with Gasteiger partial charge in [-0.1, -0.05) is 24.3 Å². The first kappa shape index (κ1) is 18.4. The molecule has 2 amide bonds. The molecule has 2 saturated heterocycles. The fourth-order valence-electron chi connectivity index (χ4n) is 3.41. The molecule has 4 rings (SSSR count). The van der Waals surface area contributed by atoms with Crippen molar-refractivity contribution in [2.45, 2.75) is 17.4 Å². The van der Waals surface area contributed by atoms with Gasteiger partial charge < -0.3 is 10.2 Å². The lowest BCUT2D eigenvalue weighted by atomic mass is 10.1. The van der Waals surface area contributed by atoms with Gasteiger partial charge in [0.1, 0.15) is 0 Å². The van der Waals surface area contributed by atoms with Crippen LogP contribution in [0.15, 0.2) is 48.5 Å². The maximum absolute atomic E-state index is 12.7. The largest absolute Gasteiger partial charge is 0.339 e. The lowest BCUT2D eigenvalue weighted by Gasteiger charge is -2.18. The second kappa shape index (κ2) is 8.40. The summed E-state index contributed by atoms with van der Waals surface area (Å²) in [6, 6.07) is 15.1. The molecule has 0 aliphatic carbocycles. The second-order valence-electron chi connectivity index (χ2n) is 6.69. The Labute approximate surface area is 168 Å². The lowest BCUT2D eigenvalue weighted by molar-refractivity contribution is 0.0794. The average molecular weight is 399 g/mol. The molecular formula is C21H22N2O2S2. The highest BCUT2D eigenvalue weighted by atomic mass is 32.2. The van der Waals surface area contributed by atoms with Gasteiger partial charge in [-0.15, -0.1) is 23.5 Å². The molecular weight excluding hydrogens is 376 g/mol. The molecule has 2 aliphatic rings. The Morgan fingerprint density at radius 3 is 2.30 bits per heavy atom. The number of thioether (sulfide) groups is 2. The topological polar surface area (TPSA) is 49.4 Å². The smallest absolute Gasteiger partial charge is 0.255 e. The maximum atomic E-state index is 12.7. The number of nitrogens with one attached hydrogen (secondary N) is 1. The first-order chi connectivity index (χ1) is 13.2. The third-order valence-electron chi connectivity index (χ3n) is 4.87. The third kappa shape index (κ3) is 4.17. The molecule has 0 bridgehead atoms. The quantitative estimate of drug-likeness (QED) is 0.814. The van der Waals surface area contributed by atoms with Crippen LogP contribution in [0.2, 0.25) is 0 Å². The Bertz CT molecular complexity index is 826. The van der Waals surface area contributed by atoms with Crippen LogP contribution in [0.5, 0.6) is 0 Å². The molecule has 2 heterocycles. The van der Waals surface area contributed by atoms with Gasteiger partial charge in [0.25, 0.3) is 11.8 Å². The molecule has 2 aliphatic heterocycles. The number of rotatable bonds is 4. The summed E-state index contributed by atoms with van der Waals surface area (Å²) in [5.74, 6) is 2.17. The number of likely N-dealkylation sites (tertiary alicyclic amines) is 1. The fourth-order valence-corrected chi connectivity index (χ4v) is 6.27. The van der Waals surface area contributed by atoms with E-state index < -0.39 is 0 Å². The monoisotopic (exact) mass is 398 g/mol. The van der Waals surface area contributed by atoms with Gasteiger partial charge in [0.15, 0.2) is 0 Å². The molecule has 0 aromatic heterocycles. The van der Waals surface area contributed by atoms with Crippen LogP contribution in [0.25, 0.3) is 0 Å². The van der Waals surface area contributed by atoms with E-state index in [1.54, 1.807) is 12.1 Å². The van der Waals surface area contributed by atoms with Gasteiger partial charge in [0.05, 0.1) is 15.8 Å². The molecule has 2 aromatic rings. The molecule has 4 nitrogen and oxygen atoms in total. The summed E-state index contributed by atoms with van der Waals surface area (Å²) in [6.07, 6.45) is 2.09. The van der Waals surface area contributed by atoms with Crippen molar-refractivity contribution in [3.63, 3.8) is 0 Å². The Kier molecular flexibility index (Phi) is 5.74. The highest BCUT2D eigenvalue weighted by Crippen LogP contribution is 2.45. The van der Waals surface area contributed by atoms with Gasteiger partial charge >= 0.3 is 0 Å². The number of hydrogen-bond acceptors (Lipinski definition) is 4. The number of carbonyl (C=O) groups is 2. The van der Waals surface area contributed by atoms with Crippen molar-refractivity contribution in [2.75, 3.05) is 29.9 Å². The van der Waals surface area contributed by atoms with Crippen LogP contribution in [0.1, 0.15) is 43.7 Å². The average Bonchev–Trinajstić information content (AvgIpc) is 3.42. The van der Waals surface area contributed by atoms with Gasteiger partial charge in [-0.3, -0.25) is 9.59 Å². The van der Waals surface area contributed by atoms with Crippen LogP contribution < -0.4 is 5.32 Å². The summed E-state index contributed by atoms with van der Waals surface area (Å²) >= 11 is 3.90. The minimum atomic E-state index is -0.185. The zero-order valence-corrected chi connectivity index (χ0v) is 16.7. The maximum Gasteiger partial charge on any atom is 0.255 e. The van der Waals surface area contributed by atoms with Crippen molar-refractivity contribution >= 4 is 41.0 Å². The fraction of sp³-hybridized carbons (Fsp3) is 0.333. The van der Waals surface area contributed by atoms with Gasteiger partial charge in [-0.25, -0.2) is 0 Å². The normalized spacial score (nSPS) is 17.3. The first-order valence-corrected chi connectivity index (χ1v) is 11.3. The molecule has 6 heteroatoms. The second-order valence-corrected chi connectivity index (χ2v) is 9.42. The summed E-state index contributed by atoms with van der Waals surface area (Å²) in [5, 5.41) is 2.92. The minimum Gasteiger partial charge on any atom is -0.339 e. The highest BCUT2D eigenvalue weighted by molar-refractivity contribution is 8.19. The van der Waals surface area contributed by atoms with E-state index in [9.17, 15) is 9.59 Å². The predicted molar refractivity (Wildman–Crippen MR) is 114 cm³/mol. The molecule has 0 spiro atoms. The van der Waals surface area contributed by atoms with Crippen LogP contribution >= 0.6 is 23.5 Å². The van der Waals surface area contributed by atoms with E-state index in [0.29, 0.717) is 21.4 Å². The molecule has 2 fully saturated rings. The van der Waals surface area contributed by atoms with Crippen molar-refractivity contribution in [3.05, 3.63) is 65.2 Å². The zero-order valence-electron chi connectivity index (χ0n) is 15.0. The van der Waals surface area contributed by atoms with Gasteiger partial charge in [-0.2, -0.15) is 0 Å². The Hall–Kier alpha value is -1.92. The molecule has 0 radical (unpaired) electrons. The summed E-state index contributed by atoms with van der Waals surface area (Å²) in [6.45, 7) is 1.58. The molecule has 27 heavy (non-hydrogen) atoms. The van der Waals surface area contributed by atoms with Crippen molar-refractivity contribution < 1.29 is 9.59 Å². The lowest BCUT2D eigenvalue weighted by Crippen LogP contribution is -2.28. The van der Waals surface area contributed by atoms with Crippen molar-refractivity contribution in [3.8, 4) is 0 Å². The number of nitrogens with zero attached hydrogens (tertiary/aromatic N) is 1. The number of para-hydroxylation sites is 1. The van der Waals surface area contributed by atoms with Crippen LogP contribution in [-0.2, 0) is 0 Å². The van der Waals surface area contributed by atoms with Gasteiger partial charge in [-0.05, 0) is 42.7 Å². The molecule has 1 N–H and O–H groups in total. The SMILES string of the molecule is O=C(Nc1ccccc1C(=O)N1CCCC1)c1ccc(C2SCCS2)cc1. The Balaban J connectivity index is 1.48. The number of amides is 2. The first-order valence-electron chi connectivity index (χ1n) is 9.25. The van der Waals surface area contributed by atoms with Crippen molar-refractivity contribution in [1.82, 2.24) is 4.90 Å². The zero-order chi connectivity index (χ0) is 18.6. The number of benzene rings is 2. The van der Waals surface area contributed by atoms with Crippen LogP contribution in [-0.4, -0.2) is 41.3 Å². The van der Waals surface area contributed by atoms with E-state index in [1.165, 1.54) is 17.1 Å². The minimum absolute atomic E-state index is 0.00553. The Morgan fingerprint density at radius 1 is 0.926 bits per heavy atom. The number of anilines is 1. The molecule has 0 saturated carbocycles. The molecule has 0 atom stereocenters. The summed E-state index contributed by atoms with van der Waals surface area (Å²) in [4.78, 5) is 27.3. The third-order valence-corrected chi connectivity index (χ3v) is 7.97. The van der Waals surface area contributed by atoms with E-state index >= 15 is 0 Å². The summed E-state index contributed by atoms with van der Waals surface area (Å²) < 4.78 is 0.473. The van der Waals surface area contributed by atoms with Gasteiger partial charge in [0, 0.05) is 30.2 Å². The number of carbonyl (C=O) groups excluding carboxylic acids is 2. The Morgan fingerprint density at radius 2 is 1.59 bits per heavy atom. The van der Waals surface area contributed by atoms with Gasteiger partial charge in [0.2, 0.25) is 0 Å². The van der Waals surface area contributed by atoms with Crippen molar-refractivity contribution in [1.29, 1.82) is 0 Å². The van der Waals surface area contributed by atoms with Crippen molar-refractivity contribution in [2.24, 2.45) is 0 Å².